The van der Waals surface area contributed by atoms with Gasteiger partial charge in [-0.1, -0.05) is 12.8 Å². The van der Waals surface area contributed by atoms with Gasteiger partial charge in [0.1, 0.15) is 0 Å². The summed E-state index contributed by atoms with van der Waals surface area (Å²) in [6.07, 6.45) is -0.697. The molecular weight excluding hydrogens is 245 g/mol. The topological polar surface area (TPSA) is 46.3 Å². The SMILES string of the molecule is NC1CCCCC1C(=O)N1CCC(C(F)(F)F)C1. The molecule has 2 aliphatic rings. The van der Waals surface area contributed by atoms with Crippen LogP contribution < -0.4 is 5.73 Å². The molecule has 3 unspecified atom stereocenters. The maximum Gasteiger partial charge on any atom is 0.393 e. The third kappa shape index (κ3) is 2.79. The van der Waals surface area contributed by atoms with Crippen LogP contribution in [-0.4, -0.2) is 36.1 Å². The highest BCUT2D eigenvalue weighted by molar-refractivity contribution is 5.80. The quantitative estimate of drug-likeness (QED) is 0.786. The first kappa shape index (κ1) is 13.6. The predicted octanol–water partition coefficient (Wildman–Crippen LogP) is 1.91. The first-order valence-electron chi connectivity index (χ1n) is 6.50. The molecule has 1 aliphatic heterocycles. The number of nitrogens with zero attached hydrogens (tertiary/aromatic N) is 1. The van der Waals surface area contributed by atoms with Crippen LogP contribution in [0, 0.1) is 11.8 Å². The number of likely N-dealkylation sites (tertiary alicyclic amines) is 1. The second-order valence-electron chi connectivity index (χ2n) is 5.37. The number of rotatable bonds is 1. The number of carbonyl (C=O) groups excluding carboxylic acids is 1. The van der Waals surface area contributed by atoms with Gasteiger partial charge in [0.15, 0.2) is 0 Å². The van der Waals surface area contributed by atoms with Crippen LogP contribution in [-0.2, 0) is 4.79 Å². The lowest BCUT2D eigenvalue weighted by Crippen LogP contribution is -2.45. The Balaban J connectivity index is 1.94. The van der Waals surface area contributed by atoms with Crippen molar-refractivity contribution in [1.82, 2.24) is 4.90 Å². The lowest BCUT2D eigenvalue weighted by atomic mass is 9.84. The molecule has 0 spiro atoms. The van der Waals surface area contributed by atoms with Crippen molar-refractivity contribution in [1.29, 1.82) is 0 Å². The Kier molecular flexibility index (Phi) is 3.84. The molecule has 1 saturated heterocycles. The second-order valence-corrected chi connectivity index (χ2v) is 5.37. The monoisotopic (exact) mass is 264 g/mol. The molecule has 3 nitrogen and oxygen atoms in total. The Hall–Kier alpha value is -0.780. The van der Waals surface area contributed by atoms with E-state index in [0.29, 0.717) is 6.42 Å². The molecule has 0 aromatic rings. The Morgan fingerprint density at radius 2 is 1.83 bits per heavy atom. The van der Waals surface area contributed by atoms with Gasteiger partial charge in [-0.2, -0.15) is 13.2 Å². The van der Waals surface area contributed by atoms with Gasteiger partial charge in [-0.25, -0.2) is 0 Å². The molecule has 1 saturated carbocycles. The standard InChI is InChI=1S/C12H19F3N2O/c13-12(14,15)8-5-6-17(7-8)11(18)9-3-1-2-4-10(9)16/h8-10H,1-7,16H2. The molecule has 1 heterocycles. The van der Waals surface area contributed by atoms with Crippen molar-refractivity contribution < 1.29 is 18.0 Å². The number of hydrogen-bond donors (Lipinski definition) is 1. The molecule has 0 aromatic carbocycles. The van der Waals surface area contributed by atoms with Crippen molar-refractivity contribution in [2.45, 2.75) is 44.3 Å². The van der Waals surface area contributed by atoms with Crippen LogP contribution in [0.2, 0.25) is 0 Å². The molecule has 2 N–H and O–H groups in total. The van der Waals surface area contributed by atoms with Gasteiger partial charge in [0.25, 0.3) is 0 Å². The lowest BCUT2D eigenvalue weighted by molar-refractivity contribution is -0.171. The number of nitrogens with two attached hydrogens (primary N) is 1. The van der Waals surface area contributed by atoms with E-state index in [2.05, 4.69) is 0 Å². The van der Waals surface area contributed by atoms with Crippen molar-refractivity contribution in [2.24, 2.45) is 17.6 Å². The fourth-order valence-corrected chi connectivity index (χ4v) is 2.93. The van der Waals surface area contributed by atoms with E-state index in [1.807, 2.05) is 0 Å². The highest BCUT2D eigenvalue weighted by atomic mass is 19.4. The summed E-state index contributed by atoms with van der Waals surface area (Å²) >= 11 is 0. The fourth-order valence-electron chi connectivity index (χ4n) is 2.93. The average molecular weight is 264 g/mol. The minimum absolute atomic E-state index is 0.0250. The second kappa shape index (κ2) is 5.07. The van der Waals surface area contributed by atoms with Crippen molar-refractivity contribution in [3.05, 3.63) is 0 Å². The van der Waals surface area contributed by atoms with Crippen LogP contribution in [0.25, 0.3) is 0 Å². The van der Waals surface area contributed by atoms with E-state index >= 15 is 0 Å². The van der Waals surface area contributed by atoms with Crippen LogP contribution in [0.4, 0.5) is 13.2 Å². The third-order valence-electron chi connectivity index (χ3n) is 4.10. The van der Waals surface area contributed by atoms with Gasteiger partial charge in [-0.15, -0.1) is 0 Å². The molecule has 0 bridgehead atoms. The Labute approximate surface area is 104 Å². The summed E-state index contributed by atoms with van der Waals surface area (Å²) in [6.45, 7) is 0.0256. The fraction of sp³-hybridized carbons (Fsp3) is 0.917. The zero-order valence-corrected chi connectivity index (χ0v) is 10.2. The van der Waals surface area contributed by atoms with E-state index in [-0.39, 0.29) is 37.4 Å². The number of alkyl halides is 3. The molecule has 18 heavy (non-hydrogen) atoms. The van der Waals surface area contributed by atoms with Crippen LogP contribution in [0.5, 0.6) is 0 Å². The summed E-state index contributed by atoms with van der Waals surface area (Å²) < 4.78 is 37.7. The maximum atomic E-state index is 12.6. The normalized spacial score (nSPS) is 33.8. The van der Waals surface area contributed by atoms with Crippen molar-refractivity contribution in [3.8, 4) is 0 Å². The number of hydrogen-bond acceptors (Lipinski definition) is 2. The third-order valence-corrected chi connectivity index (χ3v) is 4.10. The summed E-state index contributed by atoms with van der Waals surface area (Å²) in [4.78, 5) is 13.5. The van der Waals surface area contributed by atoms with Crippen LogP contribution in [0.15, 0.2) is 0 Å². The first-order chi connectivity index (χ1) is 8.39. The van der Waals surface area contributed by atoms with Gasteiger partial charge in [-0.3, -0.25) is 4.79 Å². The molecular formula is C12H19F3N2O. The van der Waals surface area contributed by atoms with Crippen molar-refractivity contribution in [2.75, 3.05) is 13.1 Å². The molecule has 2 fully saturated rings. The molecule has 1 aliphatic carbocycles. The molecule has 0 aromatic heterocycles. The van der Waals surface area contributed by atoms with E-state index < -0.39 is 12.1 Å². The van der Waals surface area contributed by atoms with E-state index in [1.54, 1.807) is 0 Å². The summed E-state index contributed by atoms with van der Waals surface area (Å²) in [7, 11) is 0. The summed E-state index contributed by atoms with van der Waals surface area (Å²) in [5, 5.41) is 0. The molecule has 0 radical (unpaired) electrons. The zero-order valence-electron chi connectivity index (χ0n) is 10.2. The molecule has 1 amide bonds. The molecule has 3 atom stereocenters. The summed E-state index contributed by atoms with van der Waals surface area (Å²) in [6, 6.07) is -0.184. The van der Waals surface area contributed by atoms with E-state index in [0.717, 1.165) is 19.3 Å². The van der Waals surface area contributed by atoms with Crippen LogP contribution in [0.3, 0.4) is 0 Å². The number of amides is 1. The van der Waals surface area contributed by atoms with Crippen LogP contribution in [0.1, 0.15) is 32.1 Å². The average Bonchev–Trinajstić information content (AvgIpc) is 2.77. The number of halogens is 3. The molecule has 2 rings (SSSR count). The van der Waals surface area contributed by atoms with Gasteiger partial charge < -0.3 is 10.6 Å². The minimum atomic E-state index is -4.19. The van der Waals surface area contributed by atoms with Crippen molar-refractivity contribution in [3.63, 3.8) is 0 Å². The van der Waals surface area contributed by atoms with E-state index in [1.165, 1.54) is 4.90 Å². The highest BCUT2D eigenvalue weighted by Crippen LogP contribution is 2.35. The highest BCUT2D eigenvalue weighted by Gasteiger charge is 2.45. The van der Waals surface area contributed by atoms with Gasteiger partial charge in [0.2, 0.25) is 5.91 Å². The summed E-state index contributed by atoms with van der Waals surface area (Å²) in [5.41, 5.74) is 5.90. The van der Waals surface area contributed by atoms with Gasteiger partial charge in [0, 0.05) is 19.1 Å². The van der Waals surface area contributed by atoms with Gasteiger partial charge in [-0.05, 0) is 19.3 Å². The number of carbonyl (C=O) groups is 1. The van der Waals surface area contributed by atoms with Crippen molar-refractivity contribution >= 4 is 5.91 Å². The van der Waals surface area contributed by atoms with Gasteiger partial charge in [0.05, 0.1) is 11.8 Å². The summed E-state index contributed by atoms with van der Waals surface area (Å²) in [5.74, 6) is -1.80. The predicted molar refractivity (Wildman–Crippen MR) is 60.7 cm³/mol. The van der Waals surface area contributed by atoms with E-state index in [9.17, 15) is 18.0 Å². The van der Waals surface area contributed by atoms with Gasteiger partial charge >= 0.3 is 6.18 Å². The molecule has 6 heteroatoms. The first-order valence-corrected chi connectivity index (χ1v) is 6.50. The Bertz CT molecular complexity index is 319. The van der Waals surface area contributed by atoms with Crippen LogP contribution >= 0.6 is 0 Å². The zero-order chi connectivity index (χ0) is 13.3. The Morgan fingerprint density at radius 3 is 2.39 bits per heavy atom. The molecule has 104 valence electrons. The largest absolute Gasteiger partial charge is 0.393 e. The van der Waals surface area contributed by atoms with E-state index in [4.69, 9.17) is 5.73 Å². The maximum absolute atomic E-state index is 12.6. The lowest BCUT2D eigenvalue weighted by Gasteiger charge is -2.31. The Morgan fingerprint density at radius 1 is 1.17 bits per heavy atom. The minimum Gasteiger partial charge on any atom is -0.342 e. The smallest absolute Gasteiger partial charge is 0.342 e.